The molecule has 0 aromatic carbocycles. The van der Waals surface area contributed by atoms with Crippen LogP contribution in [0.4, 0.5) is 10.3 Å². The minimum atomic E-state index is -0.649. The molecule has 1 rings (SSSR count). The maximum atomic E-state index is 11.5. The van der Waals surface area contributed by atoms with E-state index in [9.17, 15) is 4.39 Å². The molecular formula is C3H5FN4. The summed E-state index contributed by atoms with van der Waals surface area (Å²) in [6, 6.07) is 0. The lowest BCUT2D eigenvalue weighted by Crippen LogP contribution is -1.85. The van der Waals surface area contributed by atoms with Crippen molar-refractivity contribution in [1.82, 2.24) is 15.2 Å². The normalized spacial score (nSPS) is 9.62. The minimum absolute atomic E-state index is 0.0812. The summed E-state index contributed by atoms with van der Waals surface area (Å²) in [6.07, 6.45) is 0. The Morgan fingerprint density at radius 2 is 2.50 bits per heavy atom. The quantitative estimate of drug-likeness (QED) is 0.536. The molecular weight excluding hydrogens is 111 g/mol. The van der Waals surface area contributed by atoms with Gasteiger partial charge in [-0.25, -0.2) is 4.39 Å². The van der Waals surface area contributed by atoms with Crippen molar-refractivity contribution in [3.05, 3.63) is 5.82 Å². The summed E-state index contributed by atoms with van der Waals surface area (Å²) in [5.74, 6) is 0.250. The Morgan fingerprint density at radius 3 is 2.75 bits per heavy atom. The van der Waals surface area contributed by atoms with Crippen LogP contribution in [0.25, 0.3) is 0 Å². The standard InChI is InChI=1S/C3H5FN4/c4-1-2-6-3(5)8-7-2/h1H2,(H3,5,6,7,8). The molecule has 0 aliphatic heterocycles. The number of H-pyrrole nitrogens is 1. The zero-order valence-electron chi connectivity index (χ0n) is 4.06. The topological polar surface area (TPSA) is 67.6 Å². The van der Waals surface area contributed by atoms with Crippen LogP contribution in [-0.4, -0.2) is 15.2 Å². The number of nitrogens with zero attached hydrogens (tertiary/aromatic N) is 2. The molecule has 44 valence electrons. The minimum Gasteiger partial charge on any atom is -0.367 e. The number of alkyl halides is 1. The second-order valence-electron chi connectivity index (χ2n) is 1.27. The zero-order valence-corrected chi connectivity index (χ0v) is 4.06. The Kier molecular flexibility index (Phi) is 1.11. The molecule has 1 aromatic rings. The highest BCUT2D eigenvalue weighted by atomic mass is 19.1. The van der Waals surface area contributed by atoms with Crippen molar-refractivity contribution in [3.8, 4) is 0 Å². The average Bonchev–Trinajstić information content (AvgIpc) is 2.14. The Morgan fingerprint density at radius 1 is 1.75 bits per heavy atom. The summed E-state index contributed by atoms with van der Waals surface area (Å²) >= 11 is 0. The first-order chi connectivity index (χ1) is 3.83. The van der Waals surface area contributed by atoms with Crippen molar-refractivity contribution < 1.29 is 4.39 Å². The smallest absolute Gasteiger partial charge is 0.239 e. The van der Waals surface area contributed by atoms with E-state index in [0.717, 1.165) is 0 Å². The van der Waals surface area contributed by atoms with Gasteiger partial charge in [-0.05, 0) is 0 Å². The van der Waals surface area contributed by atoms with Crippen molar-refractivity contribution in [2.75, 3.05) is 5.73 Å². The summed E-state index contributed by atoms with van der Waals surface area (Å²) in [5, 5.41) is 5.68. The Labute approximate surface area is 44.9 Å². The molecule has 1 aromatic heterocycles. The van der Waals surface area contributed by atoms with Gasteiger partial charge in [0, 0.05) is 0 Å². The summed E-state index contributed by atoms with van der Waals surface area (Å²) in [7, 11) is 0. The van der Waals surface area contributed by atoms with E-state index >= 15 is 0 Å². The Bertz CT molecular complexity index is 172. The largest absolute Gasteiger partial charge is 0.367 e. The molecule has 0 fully saturated rings. The van der Waals surface area contributed by atoms with E-state index in [4.69, 9.17) is 5.73 Å². The van der Waals surface area contributed by atoms with Crippen molar-refractivity contribution in [3.63, 3.8) is 0 Å². The molecule has 3 N–H and O–H groups in total. The van der Waals surface area contributed by atoms with E-state index in [1.54, 1.807) is 0 Å². The molecule has 5 heteroatoms. The van der Waals surface area contributed by atoms with Crippen LogP contribution in [-0.2, 0) is 6.67 Å². The van der Waals surface area contributed by atoms with Gasteiger partial charge >= 0.3 is 0 Å². The number of nitrogen functional groups attached to an aromatic ring is 1. The van der Waals surface area contributed by atoms with Gasteiger partial charge < -0.3 is 5.73 Å². The van der Waals surface area contributed by atoms with Gasteiger partial charge in [0.25, 0.3) is 0 Å². The van der Waals surface area contributed by atoms with Gasteiger partial charge in [-0.15, -0.1) is 5.10 Å². The van der Waals surface area contributed by atoms with Crippen molar-refractivity contribution >= 4 is 5.95 Å². The van der Waals surface area contributed by atoms with Gasteiger partial charge in [0.05, 0.1) is 0 Å². The number of aromatic nitrogens is 3. The van der Waals surface area contributed by atoms with Crippen LogP contribution in [0.3, 0.4) is 0 Å². The fraction of sp³-hybridized carbons (Fsp3) is 0.333. The fourth-order valence-electron chi connectivity index (χ4n) is 0.370. The number of nitrogens with one attached hydrogen (secondary N) is 1. The molecule has 0 saturated heterocycles. The van der Waals surface area contributed by atoms with E-state index in [2.05, 4.69) is 15.2 Å². The predicted octanol–water partition coefficient (Wildman–Crippen LogP) is -0.144. The molecule has 0 spiro atoms. The number of hydrogen-bond acceptors (Lipinski definition) is 3. The number of nitrogens with two attached hydrogens (primary N) is 1. The lowest BCUT2D eigenvalue weighted by Gasteiger charge is -1.75. The van der Waals surface area contributed by atoms with E-state index in [1.165, 1.54) is 0 Å². The molecule has 0 bridgehead atoms. The van der Waals surface area contributed by atoms with Crippen LogP contribution < -0.4 is 5.73 Å². The molecule has 0 aliphatic rings. The number of rotatable bonds is 1. The SMILES string of the molecule is Nc1n[nH]c(CF)n1. The number of aromatic amines is 1. The van der Waals surface area contributed by atoms with Crippen LogP contribution in [0.5, 0.6) is 0 Å². The van der Waals surface area contributed by atoms with Gasteiger partial charge in [-0.1, -0.05) is 0 Å². The maximum Gasteiger partial charge on any atom is 0.239 e. The molecule has 0 aliphatic carbocycles. The first-order valence-electron chi connectivity index (χ1n) is 2.05. The Hall–Kier alpha value is -1.13. The highest BCUT2D eigenvalue weighted by molar-refractivity contribution is 5.11. The number of hydrogen-bond donors (Lipinski definition) is 2. The molecule has 1 heterocycles. The third kappa shape index (κ3) is 0.749. The highest BCUT2D eigenvalue weighted by Crippen LogP contribution is 1.92. The van der Waals surface area contributed by atoms with Gasteiger partial charge in [-0.3, -0.25) is 5.10 Å². The zero-order chi connectivity index (χ0) is 5.98. The number of halogens is 1. The van der Waals surface area contributed by atoms with Gasteiger partial charge in [-0.2, -0.15) is 4.98 Å². The summed E-state index contributed by atoms with van der Waals surface area (Å²) < 4.78 is 11.5. The second kappa shape index (κ2) is 1.77. The molecule has 8 heavy (non-hydrogen) atoms. The van der Waals surface area contributed by atoms with Crippen LogP contribution in [0.15, 0.2) is 0 Å². The molecule has 0 amide bonds. The van der Waals surface area contributed by atoms with E-state index in [-0.39, 0.29) is 11.8 Å². The first-order valence-corrected chi connectivity index (χ1v) is 2.05. The monoisotopic (exact) mass is 116 g/mol. The van der Waals surface area contributed by atoms with Crippen molar-refractivity contribution in [2.24, 2.45) is 0 Å². The third-order valence-electron chi connectivity index (χ3n) is 0.676. The summed E-state index contributed by atoms with van der Waals surface area (Å²) in [4.78, 5) is 3.47. The van der Waals surface area contributed by atoms with E-state index in [0.29, 0.717) is 0 Å². The molecule has 0 atom stereocenters. The number of anilines is 1. The fourth-order valence-corrected chi connectivity index (χ4v) is 0.370. The molecule has 0 unspecified atom stereocenters. The maximum absolute atomic E-state index is 11.5. The van der Waals surface area contributed by atoms with Gasteiger partial charge in [0.15, 0.2) is 5.82 Å². The van der Waals surface area contributed by atoms with Crippen molar-refractivity contribution in [1.29, 1.82) is 0 Å². The summed E-state index contributed by atoms with van der Waals surface area (Å²) in [6.45, 7) is -0.649. The lowest BCUT2D eigenvalue weighted by molar-refractivity contribution is 0.466. The predicted molar refractivity (Wildman–Crippen MR) is 25.6 cm³/mol. The van der Waals surface area contributed by atoms with Crippen LogP contribution in [0.2, 0.25) is 0 Å². The lowest BCUT2D eigenvalue weighted by atomic mass is 10.7. The molecule has 0 radical (unpaired) electrons. The van der Waals surface area contributed by atoms with Crippen LogP contribution in [0, 0.1) is 0 Å². The Balaban J connectivity index is 2.84. The van der Waals surface area contributed by atoms with Crippen LogP contribution in [0.1, 0.15) is 5.82 Å². The van der Waals surface area contributed by atoms with Gasteiger partial charge in [0.2, 0.25) is 5.95 Å². The van der Waals surface area contributed by atoms with Crippen molar-refractivity contribution in [2.45, 2.75) is 6.67 Å². The third-order valence-corrected chi connectivity index (χ3v) is 0.676. The molecule has 0 saturated carbocycles. The highest BCUT2D eigenvalue weighted by Gasteiger charge is 1.94. The van der Waals surface area contributed by atoms with E-state index in [1.807, 2.05) is 0 Å². The summed E-state index contributed by atoms with van der Waals surface area (Å²) in [5.41, 5.74) is 5.03. The second-order valence-corrected chi connectivity index (χ2v) is 1.27. The van der Waals surface area contributed by atoms with Crippen LogP contribution >= 0.6 is 0 Å². The first kappa shape index (κ1) is 5.02. The molecule has 4 nitrogen and oxygen atoms in total. The van der Waals surface area contributed by atoms with Gasteiger partial charge in [0.1, 0.15) is 6.67 Å². The van der Waals surface area contributed by atoms with E-state index < -0.39 is 6.67 Å². The average molecular weight is 116 g/mol.